The van der Waals surface area contributed by atoms with Gasteiger partial charge in [-0.25, -0.2) is 14.5 Å². The molecule has 2 amide bonds. The Morgan fingerprint density at radius 2 is 2.19 bits per heavy atom. The number of oxazole rings is 1. The van der Waals surface area contributed by atoms with E-state index < -0.39 is 29.2 Å². The molecular formula is C22H19N7O6S2. The lowest BCUT2D eigenvalue weighted by molar-refractivity contribution is -0.689. The van der Waals surface area contributed by atoms with Crippen LogP contribution >= 0.6 is 23.1 Å². The van der Waals surface area contributed by atoms with Crippen molar-refractivity contribution in [3.8, 4) is 11.3 Å². The van der Waals surface area contributed by atoms with Gasteiger partial charge in [-0.15, -0.1) is 23.1 Å². The molecule has 0 radical (unpaired) electrons. The number of aliphatic carboxylic acids is 1. The number of thiazole rings is 1. The summed E-state index contributed by atoms with van der Waals surface area (Å²) in [6.45, 7) is 0.233. The highest BCUT2D eigenvalue weighted by Crippen LogP contribution is 2.40. The number of amides is 2. The minimum atomic E-state index is -1.46. The number of fused-ring (bicyclic) bond motifs is 1. The Labute approximate surface area is 217 Å². The summed E-state index contributed by atoms with van der Waals surface area (Å²) < 4.78 is 7.07. The van der Waals surface area contributed by atoms with E-state index in [1.807, 2.05) is 12.1 Å². The van der Waals surface area contributed by atoms with Gasteiger partial charge in [0.25, 0.3) is 11.8 Å². The smallest absolute Gasteiger partial charge is 0.276 e. The van der Waals surface area contributed by atoms with E-state index in [1.165, 1.54) is 30.6 Å². The SMILES string of the molecule is CO/N=C(\C(=O)NC1C(=O)N2C(C(=O)[O-])=C(C[n+]3ccc(-c4cnco4)cc3)CSC12)c1csc(N)n1. The lowest BCUT2D eigenvalue weighted by Crippen LogP contribution is -2.71. The minimum Gasteiger partial charge on any atom is -0.543 e. The number of aromatic nitrogens is 3. The minimum absolute atomic E-state index is 0.149. The molecule has 3 aromatic rings. The summed E-state index contributed by atoms with van der Waals surface area (Å²) >= 11 is 2.46. The maximum atomic E-state index is 13.0. The fraction of sp³-hybridized carbons (Fsp3) is 0.227. The zero-order valence-electron chi connectivity index (χ0n) is 19.2. The lowest BCUT2D eigenvalue weighted by atomic mass is 10.0. The van der Waals surface area contributed by atoms with E-state index >= 15 is 0 Å². The van der Waals surface area contributed by atoms with Crippen molar-refractivity contribution in [3.63, 3.8) is 0 Å². The molecule has 0 saturated carbocycles. The van der Waals surface area contributed by atoms with Gasteiger partial charge in [0.1, 0.15) is 24.2 Å². The summed E-state index contributed by atoms with van der Waals surface area (Å²) in [6, 6.07) is 2.67. The number of nitrogen functional groups attached to an aromatic ring is 1. The fourth-order valence-corrected chi connectivity index (χ4v) is 5.88. The molecule has 1 saturated heterocycles. The first-order valence-corrected chi connectivity index (χ1v) is 12.7. The predicted octanol–water partition coefficient (Wildman–Crippen LogP) is -0.878. The predicted molar refractivity (Wildman–Crippen MR) is 129 cm³/mol. The summed E-state index contributed by atoms with van der Waals surface area (Å²) in [4.78, 5) is 51.7. The van der Waals surface area contributed by atoms with Crippen LogP contribution in [0.1, 0.15) is 5.69 Å². The maximum absolute atomic E-state index is 13.0. The van der Waals surface area contributed by atoms with Crippen molar-refractivity contribution in [3.05, 3.63) is 59.5 Å². The van der Waals surface area contributed by atoms with Crippen LogP contribution in [-0.4, -0.2) is 62.6 Å². The van der Waals surface area contributed by atoms with Crippen LogP contribution in [0.2, 0.25) is 0 Å². The summed E-state index contributed by atoms with van der Waals surface area (Å²) in [5, 5.41) is 19.5. The molecule has 15 heteroatoms. The zero-order valence-corrected chi connectivity index (χ0v) is 20.8. The van der Waals surface area contributed by atoms with Crippen molar-refractivity contribution in [1.29, 1.82) is 0 Å². The van der Waals surface area contributed by atoms with Crippen molar-refractivity contribution >= 4 is 51.7 Å². The third-order valence-corrected chi connectivity index (χ3v) is 7.68. The molecule has 3 N–H and O–H groups in total. The van der Waals surface area contributed by atoms with Gasteiger partial charge in [0.2, 0.25) is 0 Å². The molecule has 13 nitrogen and oxygen atoms in total. The van der Waals surface area contributed by atoms with Crippen LogP contribution in [0.3, 0.4) is 0 Å². The number of carbonyl (C=O) groups is 3. The maximum Gasteiger partial charge on any atom is 0.276 e. The Morgan fingerprint density at radius 1 is 1.41 bits per heavy atom. The normalized spacial score (nSPS) is 19.3. The molecule has 0 spiro atoms. The number of oxime groups is 1. The van der Waals surface area contributed by atoms with Gasteiger partial charge in [-0.2, -0.15) is 0 Å². The van der Waals surface area contributed by atoms with Gasteiger partial charge in [0.15, 0.2) is 41.9 Å². The van der Waals surface area contributed by atoms with Crippen molar-refractivity contribution in [1.82, 2.24) is 20.2 Å². The molecule has 2 atom stereocenters. The molecule has 5 rings (SSSR count). The largest absolute Gasteiger partial charge is 0.543 e. The van der Waals surface area contributed by atoms with Crippen molar-refractivity contribution in [2.24, 2.45) is 5.16 Å². The van der Waals surface area contributed by atoms with Gasteiger partial charge >= 0.3 is 0 Å². The summed E-state index contributed by atoms with van der Waals surface area (Å²) in [7, 11) is 1.27. The number of hydrogen-bond donors (Lipinski definition) is 2. The molecule has 0 aliphatic carbocycles. The van der Waals surface area contributed by atoms with Crippen LogP contribution in [0.25, 0.3) is 11.3 Å². The van der Waals surface area contributed by atoms with Crippen LogP contribution in [-0.2, 0) is 25.8 Å². The van der Waals surface area contributed by atoms with E-state index in [-0.39, 0.29) is 28.8 Å². The van der Waals surface area contributed by atoms with Gasteiger partial charge in [-0.1, -0.05) is 5.16 Å². The summed E-state index contributed by atoms with van der Waals surface area (Å²) in [6.07, 6.45) is 6.48. The average molecular weight is 542 g/mol. The average Bonchev–Trinajstić information content (AvgIpc) is 3.58. The van der Waals surface area contributed by atoms with Crippen LogP contribution in [0.5, 0.6) is 0 Å². The Kier molecular flexibility index (Phi) is 6.62. The molecular weight excluding hydrogens is 522 g/mol. The van der Waals surface area contributed by atoms with Crippen molar-refractivity contribution in [2.75, 3.05) is 18.6 Å². The Bertz CT molecular complexity index is 1420. The van der Waals surface area contributed by atoms with E-state index in [1.54, 1.807) is 23.2 Å². The highest BCUT2D eigenvalue weighted by molar-refractivity contribution is 8.00. The topological polar surface area (TPSA) is 180 Å². The number of carboxylic acid groups (broad SMARTS) is 1. The fourth-order valence-electron chi connectivity index (χ4n) is 4.00. The highest BCUT2D eigenvalue weighted by atomic mass is 32.2. The third-order valence-electron chi connectivity index (χ3n) is 5.67. The van der Waals surface area contributed by atoms with Gasteiger partial charge in [-0.05, 0) is 0 Å². The Balaban J connectivity index is 1.32. The second-order valence-electron chi connectivity index (χ2n) is 7.92. The molecule has 3 aromatic heterocycles. The molecule has 190 valence electrons. The third kappa shape index (κ3) is 4.65. The first-order valence-electron chi connectivity index (χ1n) is 10.8. The molecule has 37 heavy (non-hydrogen) atoms. The molecule has 2 aliphatic rings. The number of carboxylic acids is 1. The highest BCUT2D eigenvalue weighted by Gasteiger charge is 2.53. The summed E-state index contributed by atoms with van der Waals surface area (Å²) in [5.74, 6) is -1.80. The lowest BCUT2D eigenvalue weighted by Gasteiger charge is -2.50. The monoisotopic (exact) mass is 541 g/mol. The molecule has 0 aromatic carbocycles. The van der Waals surface area contributed by atoms with Crippen LogP contribution in [0, 0.1) is 0 Å². The number of nitrogens with two attached hydrogens (primary N) is 1. The van der Waals surface area contributed by atoms with E-state index in [0.29, 0.717) is 17.1 Å². The molecule has 0 bridgehead atoms. The van der Waals surface area contributed by atoms with E-state index in [9.17, 15) is 19.5 Å². The first-order chi connectivity index (χ1) is 17.9. The number of thioether (sulfide) groups is 1. The Morgan fingerprint density at radius 3 is 2.81 bits per heavy atom. The number of nitrogens with one attached hydrogen (secondary N) is 1. The zero-order chi connectivity index (χ0) is 26.1. The second kappa shape index (κ2) is 10.0. The van der Waals surface area contributed by atoms with Gasteiger partial charge < -0.3 is 30.2 Å². The second-order valence-corrected chi connectivity index (χ2v) is 9.91. The number of carbonyl (C=O) groups excluding carboxylic acids is 3. The number of β-lactam (4-membered cyclic amide) rings is 1. The van der Waals surface area contributed by atoms with Crippen LogP contribution in [0.4, 0.5) is 5.13 Å². The number of hydrogen-bond acceptors (Lipinski definition) is 12. The van der Waals surface area contributed by atoms with Crippen molar-refractivity contribution < 1.29 is 33.3 Å². The molecule has 5 heterocycles. The first kappa shape index (κ1) is 24.5. The summed E-state index contributed by atoms with van der Waals surface area (Å²) in [5.41, 5.74) is 6.83. The standard InChI is InChI=1S/C22H19N7O6S2/c1-34-27-15(13-9-37-22(23)25-13)18(30)26-16-19(31)29-17(21(32)33)12(8-36-20(16)29)7-28-4-2-11(3-5-28)14-6-24-10-35-14/h2-6,9-10,16,20H,7-8H2,1H3,(H3-,23,25,26,30,32,33)/b27-15-. The van der Waals surface area contributed by atoms with Gasteiger partial charge in [0, 0.05) is 34.4 Å². The van der Waals surface area contributed by atoms with E-state index in [2.05, 4.69) is 20.4 Å². The number of rotatable bonds is 8. The molecule has 2 aliphatic heterocycles. The number of nitrogens with zero attached hydrogens (tertiary/aromatic N) is 5. The number of pyridine rings is 1. The van der Waals surface area contributed by atoms with Gasteiger partial charge in [0.05, 0.1) is 17.9 Å². The van der Waals surface area contributed by atoms with Crippen LogP contribution in [0.15, 0.2) is 63.3 Å². The van der Waals surface area contributed by atoms with Crippen LogP contribution < -0.4 is 20.7 Å². The van der Waals surface area contributed by atoms with E-state index in [4.69, 9.17) is 15.0 Å². The molecule has 1 fully saturated rings. The Hall–Kier alpha value is -4.24. The van der Waals surface area contributed by atoms with Gasteiger partial charge in [-0.3, -0.25) is 14.5 Å². The van der Waals surface area contributed by atoms with Crippen molar-refractivity contribution in [2.45, 2.75) is 18.0 Å². The van der Waals surface area contributed by atoms with E-state index in [0.717, 1.165) is 21.8 Å². The quantitative estimate of drug-likeness (QED) is 0.157. The molecule has 2 unspecified atom stereocenters. The number of anilines is 1.